The Bertz CT molecular complexity index is 1150. The van der Waals surface area contributed by atoms with Crippen molar-refractivity contribution in [2.45, 2.75) is 20.3 Å². The molecular formula is C28H43N7O5. The minimum Gasteiger partial charge on any atom is -0.494 e. The molecule has 3 rings (SSSR count). The third-order valence-corrected chi connectivity index (χ3v) is 5.99. The van der Waals surface area contributed by atoms with Crippen molar-refractivity contribution < 1.29 is 23.8 Å². The molecule has 0 radical (unpaired) electrons. The highest BCUT2D eigenvalue weighted by Crippen LogP contribution is 2.33. The van der Waals surface area contributed by atoms with E-state index >= 15 is 0 Å². The maximum atomic E-state index is 11.7. The van der Waals surface area contributed by atoms with Gasteiger partial charge in [0.1, 0.15) is 22.9 Å². The molecule has 1 saturated heterocycles. The number of nitrogens with zero attached hydrogens (tertiary/aromatic N) is 1. The van der Waals surface area contributed by atoms with Crippen LogP contribution in [-0.2, 0) is 4.74 Å². The predicted molar refractivity (Wildman–Crippen MR) is 160 cm³/mol. The monoisotopic (exact) mass is 557 g/mol. The van der Waals surface area contributed by atoms with Crippen LogP contribution in [-0.4, -0.2) is 76.4 Å². The molecule has 12 nitrogen and oxygen atoms in total. The fourth-order valence-electron chi connectivity index (χ4n) is 4.00. The van der Waals surface area contributed by atoms with E-state index in [0.29, 0.717) is 53.9 Å². The van der Waals surface area contributed by atoms with Crippen LogP contribution in [0.3, 0.4) is 0 Å². The highest BCUT2D eigenvalue weighted by Gasteiger charge is 2.15. The Morgan fingerprint density at radius 3 is 1.90 bits per heavy atom. The lowest BCUT2D eigenvalue weighted by Gasteiger charge is -2.26. The Hall–Kier alpha value is -4.16. The number of hydrogen-bond acceptors (Lipinski definition) is 10. The van der Waals surface area contributed by atoms with Crippen molar-refractivity contribution in [3.8, 4) is 11.5 Å². The molecule has 2 aromatic carbocycles. The molecule has 220 valence electrons. The molecular weight excluding hydrogens is 514 g/mol. The van der Waals surface area contributed by atoms with Crippen LogP contribution in [0.4, 0.5) is 22.7 Å². The van der Waals surface area contributed by atoms with Crippen LogP contribution in [0.5, 0.6) is 11.5 Å². The molecule has 1 fully saturated rings. The number of methoxy groups -OCH3 is 1. The molecule has 1 heterocycles. The third kappa shape index (κ3) is 9.54. The average Bonchev–Trinajstić information content (AvgIpc) is 2.95. The zero-order valence-corrected chi connectivity index (χ0v) is 23.6. The summed E-state index contributed by atoms with van der Waals surface area (Å²) in [5.74, 6) is -0.274. The lowest BCUT2D eigenvalue weighted by Crippen LogP contribution is -2.37. The number of morpholine rings is 1. The van der Waals surface area contributed by atoms with Crippen LogP contribution < -0.4 is 43.0 Å². The number of anilines is 4. The van der Waals surface area contributed by atoms with Crippen LogP contribution in [0.1, 0.15) is 41.0 Å². The summed E-state index contributed by atoms with van der Waals surface area (Å²) in [6, 6.07) is 6.17. The minimum absolute atomic E-state index is 0.267. The zero-order valence-electron chi connectivity index (χ0n) is 23.6. The molecule has 12 heteroatoms. The highest BCUT2D eigenvalue weighted by atomic mass is 16.5. The number of rotatable bonds is 14. The first-order chi connectivity index (χ1) is 19.3. The van der Waals surface area contributed by atoms with Gasteiger partial charge in [-0.05, 0) is 30.7 Å². The normalized spacial score (nSPS) is 13.3. The molecule has 40 heavy (non-hydrogen) atoms. The number of nitrogens with one attached hydrogen (secondary N) is 2. The van der Waals surface area contributed by atoms with Crippen molar-refractivity contribution in [1.29, 1.82) is 0 Å². The second-order valence-corrected chi connectivity index (χ2v) is 8.70. The fraction of sp³-hybridized carbons (Fsp3) is 0.429. The van der Waals surface area contributed by atoms with Gasteiger partial charge in [0, 0.05) is 43.9 Å². The second-order valence-electron chi connectivity index (χ2n) is 8.70. The summed E-state index contributed by atoms with van der Waals surface area (Å²) in [5, 5.41) is 6.42. The maximum absolute atomic E-state index is 11.7. The first-order valence-corrected chi connectivity index (χ1v) is 13.4. The molecule has 1 aliphatic heterocycles. The van der Waals surface area contributed by atoms with Gasteiger partial charge >= 0.3 is 0 Å². The Morgan fingerprint density at radius 1 is 0.900 bits per heavy atom. The van der Waals surface area contributed by atoms with Crippen molar-refractivity contribution in [2.24, 2.45) is 11.5 Å². The number of nitrogen functional groups attached to an aromatic ring is 2. The fourth-order valence-corrected chi connectivity index (χ4v) is 4.00. The van der Waals surface area contributed by atoms with E-state index in [1.807, 2.05) is 26.0 Å². The third-order valence-electron chi connectivity index (χ3n) is 5.99. The van der Waals surface area contributed by atoms with Crippen molar-refractivity contribution in [3.05, 3.63) is 47.5 Å². The molecule has 0 spiro atoms. The van der Waals surface area contributed by atoms with E-state index in [4.69, 9.17) is 37.1 Å². The molecule has 2 aromatic rings. The van der Waals surface area contributed by atoms with E-state index in [1.165, 1.54) is 25.3 Å². The average molecular weight is 558 g/mol. The number of amides is 2. The minimum atomic E-state index is -0.587. The van der Waals surface area contributed by atoms with Crippen LogP contribution in [0.15, 0.2) is 36.4 Å². The van der Waals surface area contributed by atoms with Gasteiger partial charge in [0.05, 0.1) is 38.3 Å². The molecule has 0 unspecified atom stereocenters. The lowest BCUT2D eigenvalue weighted by atomic mass is 10.1. The van der Waals surface area contributed by atoms with Gasteiger partial charge in [0.25, 0.3) is 0 Å². The van der Waals surface area contributed by atoms with Crippen LogP contribution >= 0.6 is 0 Å². The van der Waals surface area contributed by atoms with Gasteiger partial charge in [0.2, 0.25) is 11.8 Å². The standard InChI is InChI=1S/C26H37N7O5.C2H6/c1-36-21-15-17(25(29)34)13-19(27)23(21)31-5-2-3-6-32-24-20(28)14-18(26(30)35)16-22(24)38-10-4-7-33-8-11-37-12-9-33;1-2/h2-3,13-16,31-32H,4-12,27-28H2,1H3,(H2,29,34)(H2,30,35);1-2H3/b3-2+;. The molecule has 0 saturated carbocycles. The number of benzene rings is 2. The van der Waals surface area contributed by atoms with Gasteiger partial charge in [0.15, 0.2) is 0 Å². The zero-order chi connectivity index (χ0) is 29.5. The van der Waals surface area contributed by atoms with E-state index < -0.39 is 11.8 Å². The molecule has 0 aromatic heterocycles. The van der Waals surface area contributed by atoms with Crippen molar-refractivity contribution in [1.82, 2.24) is 4.90 Å². The molecule has 2 amide bonds. The van der Waals surface area contributed by atoms with Crippen molar-refractivity contribution >= 4 is 34.6 Å². The predicted octanol–water partition coefficient (Wildman–Crippen LogP) is 2.26. The number of carbonyl (C=O) groups excluding carboxylic acids is 2. The SMILES string of the molecule is CC.COc1cc(C(N)=O)cc(N)c1NC/C=C/CNc1c(N)cc(C(N)=O)cc1OCCCN1CCOCC1. The molecule has 10 N–H and O–H groups in total. The van der Waals surface area contributed by atoms with E-state index in [1.54, 1.807) is 6.07 Å². The van der Waals surface area contributed by atoms with Crippen LogP contribution in [0.2, 0.25) is 0 Å². The van der Waals surface area contributed by atoms with Gasteiger partial charge in [-0.1, -0.05) is 26.0 Å². The van der Waals surface area contributed by atoms with Crippen LogP contribution in [0, 0.1) is 0 Å². The number of ether oxygens (including phenoxy) is 3. The Kier molecular flexibility index (Phi) is 13.4. The summed E-state index contributed by atoms with van der Waals surface area (Å²) >= 11 is 0. The van der Waals surface area contributed by atoms with E-state index in [0.717, 1.165) is 39.3 Å². The van der Waals surface area contributed by atoms with Gasteiger partial charge in [-0.2, -0.15) is 0 Å². The largest absolute Gasteiger partial charge is 0.494 e. The number of hydrogen-bond donors (Lipinski definition) is 6. The van der Waals surface area contributed by atoms with E-state index in [-0.39, 0.29) is 11.1 Å². The molecule has 0 atom stereocenters. The summed E-state index contributed by atoms with van der Waals surface area (Å²) in [6.07, 6.45) is 4.61. The van der Waals surface area contributed by atoms with Gasteiger partial charge < -0.3 is 47.8 Å². The molecule has 0 aliphatic carbocycles. The molecule has 0 bridgehead atoms. The summed E-state index contributed by atoms with van der Waals surface area (Å²) in [6.45, 7) is 9.57. The number of carbonyl (C=O) groups is 2. The first-order valence-electron chi connectivity index (χ1n) is 13.4. The van der Waals surface area contributed by atoms with Gasteiger partial charge in [-0.15, -0.1) is 0 Å². The molecule has 1 aliphatic rings. The van der Waals surface area contributed by atoms with Crippen molar-refractivity contribution in [2.75, 3.05) is 81.8 Å². The van der Waals surface area contributed by atoms with Crippen molar-refractivity contribution in [3.63, 3.8) is 0 Å². The quantitative estimate of drug-likeness (QED) is 0.114. The van der Waals surface area contributed by atoms with Gasteiger partial charge in [-0.3, -0.25) is 14.5 Å². The smallest absolute Gasteiger partial charge is 0.248 e. The van der Waals surface area contributed by atoms with Gasteiger partial charge in [-0.25, -0.2) is 0 Å². The Labute approximate surface area is 236 Å². The van der Waals surface area contributed by atoms with E-state index in [2.05, 4.69) is 15.5 Å². The summed E-state index contributed by atoms with van der Waals surface area (Å²) in [5.41, 5.74) is 25.5. The highest BCUT2D eigenvalue weighted by molar-refractivity contribution is 5.97. The summed E-state index contributed by atoms with van der Waals surface area (Å²) in [7, 11) is 1.49. The Balaban J connectivity index is 0.00000274. The topological polar surface area (TPSA) is 193 Å². The van der Waals surface area contributed by atoms with E-state index in [9.17, 15) is 9.59 Å². The summed E-state index contributed by atoms with van der Waals surface area (Å²) < 4.78 is 16.7. The Morgan fingerprint density at radius 2 is 1.40 bits per heavy atom. The second kappa shape index (κ2) is 16.7. The van der Waals surface area contributed by atoms with Crippen LogP contribution in [0.25, 0.3) is 0 Å². The first kappa shape index (κ1) is 32.1. The summed E-state index contributed by atoms with van der Waals surface area (Å²) in [4.78, 5) is 25.5. The number of primary amides is 2. The number of nitrogens with two attached hydrogens (primary N) is 4. The maximum Gasteiger partial charge on any atom is 0.248 e. The lowest BCUT2D eigenvalue weighted by molar-refractivity contribution is 0.0358.